The average Bonchev–Trinajstić information content (AvgIpc) is 3.68. The van der Waals surface area contributed by atoms with Gasteiger partial charge in [0.1, 0.15) is 10.3 Å². The van der Waals surface area contributed by atoms with Crippen molar-refractivity contribution in [2.45, 2.75) is 49.3 Å². The zero-order chi connectivity index (χ0) is 26.9. The van der Waals surface area contributed by atoms with Crippen LogP contribution in [0.25, 0.3) is 10.3 Å². The molecule has 2 atom stereocenters. The number of sulfonamides is 1. The van der Waals surface area contributed by atoms with Crippen LogP contribution in [0.2, 0.25) is 0 Å². The molecule has 0 spiro atoms. The van der Waals surface area contributed by atoms with Crippen molar-refractivity contribution in [3.63, 3.8) is 0 Å². The van der Waals surface area contributed by atoms with Crippen LogP contribution in [0.1, 0.15) is 50.0 Å². The summed E-state index contributed by atoms with van der Waals surface area (Å²) in [6.07, 6.45) is 5.40. The molecule has 10 nitrogen and oxygen atoms in total. The largest absolute Gasteiger partial charge is 0.481 e. The molecule has 0 radical (unpaired) electrons. The molecule has 3 heterocycles. The van der Waals surface area contributed by atoms with Crippen LogP contribution in [-0.2, 0) is 19.6 Å². The Hall–Kier alpha value is -3.09. The number of fused-ring (bicyclic) bond motifs is 1. The van der Waals surface area contributed by atoms with Gasteiger partial charge >= 0.3 is 5.97 Å². The number of ether oxygens (including phenoxy) is 1. The second kappa shape index (κ2) is 11.0. The molecule has 2 aliphatic rings. The minimum absolute atomic E-state index is 0.0327. The predicted molar refractivity (Wildman–Crippen MR) is 143 cm³/mol. The van der Waals surface area contributed by atoms with Crippen LogP contribution in [0.15, 0.2) is 41.3 Å². The fourth-order valence-corrected chi connectivity index (χ4v) is 7.64. The molecular weight excluding hydrogens is 528 g/mol. The molecule has 3 aromatic rings. The quantitative estimate of drug-likeness (QED) is 0.400. The van der Waals surface area contributed by atoms with E-state index in [-0.39, 0.29) is 23.9 Å². The van der Waals surface area contributed by atoms with Gasteiger partial charge < -0.3 is 15.2 Å². The van der Waals surface area contributed by atoms with Gasteiger partial charge in [-0.25, -0.2) is 18.4 Å². The van der Waals surface area contributed by atoms with Gasteiger partial charge in [0.25, 0.3) is 0 Å². The predicted octanol–water partition coefficient (Wildman–Crippen LogP) is 4.10. The molecule has 1 saturated heterocycles. The van der Waals surface area contributed by atoms with Crippen LogP contribution in [0.5, 0.6) is 5.88 Å². The van der Waals surface area contributed by atoms with Gasteiger partial charge in [0, 0.05) is 19.2 Å². The summed E-state index contributed by atoms with van der Waals surface area (Å²) in [6, 6.07) is 9.93. The first-order chi connectivity index (χ1) is 18.2. The molecule has 1 saturated carbocycles. The highest BCUT2D eigenvalue weighted by Gasteiger charge is 2.36. The lowest BCUT2D eigenvalue weighted by Gasteiger charge is -2.21. The van der Waals surface area contributed by atoms with E-state index in [0.29, 0.717) is 40.1 Å². The number of carbonyl (C=O) groups is 2. The molecule has 12 heteroatoms. The van der Waals surface area contributed by atoms with Crippen molar-refractivity contribution < 1.29 is 27.9 Å². The number of amides is 1. The molecule has 1 aromatic carbocycles. The molecule has 2 aromatic heterocycles. The van der Waals surface area contributed by atoms with E-state index in [2.05, 4.69) is 15.3 Å². The highest BCUT2D eigenvalue weighted by molar-refractivity contribution is 7.89. The number of methoxy groups -OCH3 is 1. The molecule has 2 N–H and O–H groups in total. The Balaban J connectivity index is 1.36. The first kappa shape index (κ1) is 26.5. The fraction of sp³-hybridized carbons (Fsp3) is 0.462. The summed E-state index contributed by atoms with van der Waals surface area (Å²) < 4.78 is 32.6. The van der Waals surface area contributed by atoms with Crippen molar-refractivity contribution in [1.29, 1.82) is 0 Å². The Kier molecular flexibility index (Phi) is 7.64. The lowest BCUT2D eigenvalue weighted by molar-refractivity contribution is -0.141. The molecule has 38 heavy (non-hydrogen) atoms. The van der Waals surface area contributed by atoms with Gasteiger partial charge in [-0.3, -0.25) is 9.59 Å². The third kappa shape index (κ3) is 5.52. The smallest absolute Gasteiger partial charge is 0.307 e. The third-order valence-electron chi connectivity index (χ3n) is 7.45. The number of thiazole rings is 1. The number of aliphatic carboxylic acids is 1. The van der Waals surface area contributed by atoms with Crippen LogP contribution in [0, 0.1) is 11.8 Å². The molecule has 1 amide bonds. The van der Waals surface area contributed by atoms with Gasteiger partial charge in [0.15, 0.2) is 5.13 Å². The minimum atomic E-state index is -3.82. The Morgan fingerprint density at radius 3 is 2.53 bits per heavy atom. The lowest BCUT2D eigenvalue weighted by Crippen LogP contribution is -2.30. The molecule has 1 aliphatic carbocycles. The number of nitrogens with zero attached hydrogens (tertiary/aromatic N) is 3. The Labute approximate surface area is 225 Å². The number of aromatic nitrogens is 2. The summed E-state index contributed by atoms with van der Waals surface area (Å²) in [5.74, 6) is -1.44. The summed E-state index contributed by atoms with van der Waals surface area (Å²) in [6.45, 7) is 0.145. The molecule has 2 fully saturated rings. The van der Waals surface area contributed by atoms with E-state index in [1.165, 1.54) is 27.8 Å². The zero-order valence-corrected chi connectivity index (χ0v) is 22.6. The molecule has 1 aliphatic heterocycles. The average molecular weight is 559 g/mol. The van der Waals surface area contributed by atoms with Crippen molar-refractivity contribution in [2.75, 3.05) is 25.5 Å². The number of carboxylic acid groups (broad SMARTS) is 1. The van der Waals surface area contributed by atoms with Crippen molar-refractivity contribution in [3.8, 4) is 5.88 Å². The number of carboxylic acids is 1. The van der Waals surface area contributed by atoms with Crippen molar-refractivity contribution in [2.24, 2.45) is 11.8 Å². The van der Waals surface area contributed by atoms with Crippen LogP contribution in [0.3, 0.4) is 0 Å². The fourth-order valence-electron chi connectivity index (χ4n) is 5.30. The number of nitrogens with one attached hydrogen (secondary N) is 1. The highest BCUT2D eigenvalue weighted by atomic mass is 32.2. The zero-order valence-electron chi connectivity index (χ0n) is 21.0. The van der Waals surface area contributed by atoms with E-state index in [9.17, 15) is 23.1 Å². The van der Waals surface area contributed by atoms with Gasteiger partial charge in [0.05, 0.1) is 23.8 Å². The summed E-state index contributed by atoms with van der Waals surface area (Å²) in [7, 11) is -2.27. The van der Waals surface area contributed by atoms with E-state index >= 15 is 0 Å². The molecule has 0 bridgehead atoms. The van der Waals surface area contributed by atoms with Crippen molar-refractivity contribution in [3.05, 3.63) is 42.0 Å². The van der Waals surface area contributed by atoms with E-state index in [1.54, 1.807) is 31.4 Å². The van der Waals surface area contributed by atoms with Crippen LogP contribution >= 0.6 is 11.3 Å². The van der Waals surface area contributed by atoms with Crippen LogP contribution in [-0.4, -0.2) is 59.9 Å². The second-order valence-corrected chi connectivity index (χ2v) is 12.8. The van der Waals surface area contributed by atoms with Crippen molar-refractivity contribution >= 4 is 48.7 Å². The number of anilines is 1. The number of hydrogen-bond acceptors (Lipinski definition) is 8. The number of carbonyl (C=O) groups excluding carboxylic acids is 1. The van der Waals surface area contributed by atoms with Gasteiger partial charge in [0.2, 0.25) is 21.8 Å². The first-order valence-electron chi connectivity index (χ1n) is 12.7. The standard InChI is InChI=1S/C26H30N4O6S2/c1-36-22-11-10-21-24(28-22)37-26(27-21)29-23(31)20(14-16-4-2-3-5-16)17-6-8-19(9-7-17)38(34,35)30-13-12-18(15-30)25(32)33/h6-11,16,18,20H,2-5,12-15H2,1H3,(H,32,33)(H,27,29,31)/t18?,20-/m1/s1. The maximum Gasteiger partial charge on any atom is 0.307 e. The first-order valence-corrected chi connectivity index (χ1v) is 15.0. The number of benzene rings is 1. The topological polar surface area (TPSA) is 139 Å². The van der Waals surface area contributed by atoms with Gasteiger partial charge in [-0.05, 0) is 42.5 Å². The lowest BCUT2D eigenvalue weighted by atomic mass is 9.87. The third-order valence-corrected chi connectivity index (χ3v) is 10.2. The molecular formula is C26H30N4O6S2. The summed E-state index contributed by atoms with van der Waals surface area (Å²) in [5, 5.41) is 12.6. The van der Waals surface area contributed by atoms with E-state index in [4.69, 9.17) is 4.74 Å². The molecule has 1 unspecified atom stereocenters. The monoisotopic (exact) mass is 558 g/mol. The van der Waals surface area contributed by atoms with Gasteiger partial charge in [-0.15, -0.1) is 0 Å². The maximum absolute atomic E-state index is 13.5. The van der Waals surface area contributed by atoms with Gasteiger partial charge in [-0.1, -0.05) is 49.2 Å². The van der Waals surface area contributed by atoms with E-state index in [0.717, 1.165) is 31.2 Å². The maximum atomic E-state index is 13.5. The Morgan fingerprint density at radius 1 is 1.13 bits per heavy atom. The van der Waals surface area contributed by atoms with Crippen molar-refractivity contribution in [1.82, 2.24) is 14.3 Å². The van der Waals surface area contributed by atoms with E-state index in [1.807, 2.05) is 0 Å². The molecule has 5 rings (SSSR count). The van der Waals surface area contributed by atoms with Gasteiger partial charge in [-0.2, -0.15) is 4.31 Å². The molecule has 202 valence electrons. The SMILES string of the molecule is COc1ccc2nc(NC(=O)[C@H](CC3CCCC3)c3ccc(S(=O)(=O)N4CCC(C(=O)O)C4)cc3)sc2n1. The summed E-state index contributed by atoms with van der Waals surface area (Å²) >= 11 is 1.27. The minimum Gasteiger partial charge on any atom is -0.481 e. The number of hydrogen-bond donors (Lipinski definition) is 2. The Bertz CT molecular complexity index is 1430. The summed E-state index contributed by atoms with van der Waals surface area (Å²) in [5.41, 5.74) is 1.40. The van der Waals surface area contributed by atoms with Crippen LogP contribution < -0.4 is 10.1 Å². The Morgan fingerprint density at radius 2 is 1.87 bits per heavy atom. The normalized spacial score (nSPS) is 19.6. The van der Waals surface area contributed by atoms with E-state index < -0.39 is 27.8 Å². The highest BCUT2D eigenvalue weighted by Crippen LogP contribution is 2.36. The number of pyridine rings is 1. The summed E-state index contributed by atoms with van der Waals surface area (Å²) in [4.78, 5) is 34.4. The van der Waals surface area contributed by atoms with Crippen LogP contribution in [0.4, 0.5) is 5.13 Å². The second-order valence-electron chi connectivity index (χ2n) is 9.88. The number of rotatable bonds is 9.